The maximum atomic E-state index is 11.1. The fourth-order valence-corrected chi connectivity index (χ4v) is 3.94. The first-order valence-electron chi connectivity index (χ1n) is 11.5. The van der Waals surface area contributed by atoms with Gasteiger partial charge >= 0.3 is 5.97 Å². The van der Waals surface area contributed by atoms with E-state index in [0.717, 1.165) is 24.0 Å². The van der Waals surface area contributed by atoms with Crippen LogP contribution in [0.2, 0.25) is 0 Å². The first kappa shape index (κ1) is 27.9. The maximum absolute atomic E-state index is 11.1. The average molecular weight is 466 g/mol. The van der Waals surface area contributed by atoms with E-state index in [1.54, 1.807) is 23.0 Å². The van der Waals surface area contributed by atoms with Crippen molar-refractivity contribution < 1.29 is 18.3 Å². The van der Waals surface area contributed by atoms with Gasteiger partial charge in [0.15, 0.2) is 0 Å². The summed E-state index contributed by atoms with van der Waals surface area (Å²) in [6, 6.07) is 8.18. The summed E-state index contributed by atoms with van der Waals surface area (Å²) in [5, 5.41) is 8.81. The number of aromatic carboxylic acids is 1. The van der Waals surface area contributed by atoms with Crippen LogP contribution in [0.5, 0.6) is 0 Å². The number of carbonyl (C=O) groups is 1. The van der Waals surface area contributed by atoms with Crippen molar-refractivity contribution in [3.63, 3.8) is 0 Å². The lowest BCUT2D eigenvalue weighted by atomic mass is 10.0. The van der Waals surface area contributed by atoms with E-state index in [-0.39, 0.29) is 4.90 Å². The zero-order valence-electron chi connectivity index (χ0n) is 19.4. The number of benzene rings is 1. The predicted molar refractivity (Wildman–Crippen MR) is 129 cm³/mol. The molecule has 0 amide bonds. The van der Waals surface area contributed by atoms with Gasteiger partial charge in [-0.15, -0.1) is 0 Å². The van der Waals surface area contributed by atoms with Gasteiger partial charge in [-0.3, -0.25) is 5.84 Å². The molecule has 2 rings (SSSR count). The monoisotopic (exact) mass is 465 g/mol. The van der Waals surface area contributed by atoms with Crippen molar-refractivity contribution >= 4 is 16.0 Å². The number of aromatic nitrogens is 1. The molecule has 1 heterocycles. The molecule has 0 aliphatic heterocycles. The molecule has 0 unspecified atom stereocenters. The fraction of sp³-hybridized carbons (Fsp3) is 0.542. The van der Waals surface area contributed by atoms with Crippen LogP contribution in [-0.4, -0.2) is 24.5 Å². The molecule has 1 aromatic carbocycles. The summed E-state index contributed by atoms with van der Waals surface area (Å²) in [5.41, 5.74) is 2.42. The van der Waals surface area contributed by atoms with Crippen LogP contribution in [0.3, 0.4) is 0 Å². The van der Waals surface area contributed by atoms with Gasteiger partial charge in [0, 0.05) is 6.20 Å². The van der Waals surface area contributed by atoms with Crippen molar-refractivity contribution in [1.82, 2.24) is 9.82 Å². The molecular weight excluding hydrogens is 426 g/mol. The van der Waals surface area contributed by atoms with E-state index < -0.39 is 16.0 Å². The Morgan fingerprint density at radius 2 is 1.50 bits per heavy atom. The van der Waals surface area contributed by atoms with Gasteiger partial charge in [-0.2, -0.15) is 4.83 Å². The van der Waals surface area contributed by atoms with Crippen molar-refractivity contribution in [2.24, 2.45) is 5.84 Å². The SMILES string of the molecule is CCCCCCCCCCCCc1c[nH]c(C(=O)O)c1.Cc1ccc(S(=O)(=O)NN)cc1. The van der Waals surface area contributed by atoms with Crippen LogP contribution in [0.1, 0.15) is 92.7 Å². The number of hydrogen-bond donors (Lipinski definition) is 4. The van der Waals surface area contributed by atoms with E-state index in [2.05, 4.69) is 11.9 Å². The molecule has 2 aromatic rings. The summed E-state index contributed by atoms with van der Waals surface area (Å²) in [6.45, 7) is 4.14. The van der Waals surface area contributed by atoms with Crippen LogP contribution in [-0.2, 0) is 16.4 Å². The van der Waals surface area contributed by atoms with Crippen LogP contribution < -0.4 is 10.7 Å². The lowest BCUT2D eigenvalue weighted by Gasteiger charge is -2.01. The molecule has 1 aromatic heterocycles. The van der Waals surface area contributed by atoms with Gasteiger partial charge in [0.25, 0.3) is 10.0 Å². The number of carboxylic acids is 1. The number of rotatable bonds is 14. The first-order chi connectivity index (χ1) is 15.3. The lowest BCUT2D eigenvalue weighted by Crippen LogP contribution is -2.30. The van der Waals surface area contributed by atoms with Crippen molar-refractivity contribution in [1.29, 1.82) is 0 Å². The summed E-state index contributed by atoms with van der Waals surface area (Å²) in [6.07, 6.45) is 16.1. The average Bonchev–Trinajstić information content (AvgIpc) is 3.25. The third-order valence-electron chi connectivity index (χ3n) is 5.28. The molecular formula is C24H39N3O4S. The van der Waals surface area contributed by atoms with Crippen molar-refractivity contribution in [3.05, 3.63) is 53.3 Å². The summed E-state index contributed by atoms with van der Waals surface area (Å²) >= 11 is 0. The summed E-state index contributed by atoms with van der Waals surface area (Å²) < 4.78 is 22.2. The highest BCUT2D eigenvalue weighted by Crippen LogP contribution is 2.13. The molecule has 180 valence electrons. The van der Waals surface area contributed by atoms with Crippen LogP contribution in [0.25, 0.3) is 0 Å². The van der Waals surface area contributed by atoms with E-state index in [1.165, 1.54) is 69.9 Å². The standard InChI is InChI=1S/C17H29NO2.C7H10N2O2S/c1-2-3-4-5-6-7-8-9-10-11-12-15-13-16(17(19)20)18-14-15;1-6-2-4-7(5-3-6)12(10,11)9-8/h13-14,18H,2-12H2,1H3,(H,19,20);2-5,9H,8H2,1H3. The zero-order valence-corrected chi connectivity index (χ0v) is 20.2. The van der Waals surface area contributed by atoms with Gasteiger partial charge in [0.05, 0.1) is 4.90 Å². The molecule has 0 saturated heterocycles. The van der Waals surface area contributed by atoms with E-state index in [0.29, 0.717) is 5.69 Å². The number of aromatic amines is 1. The van der Waals surface area contributed by atoms with Crippen LogP contribution in [0.4, 0.5) is 0 Å². The molecule has 0 saturated carbocycles. The highest BCUT2D eigenvalue weighted by molar-refractivity contribution is 7.89. The number of aryl methyl sites for hydroxylation is 2. The molecule has 0 spiro atoms. The minimum Gasteiger partial charge on any atom is -0.477 e. The van der Waals surface area contributed by atoms with Gasteiger partial charge in [-0.25, -0.2) is 13.2 Å². The topological polar surface area (TPSA) is 125 Å². The molecule has 0 aliphatic rings. The van der Waals surface area contributed by atoms with Crippen LogP contribution >= 0.6 is 0 Å². The first-order valence-corrected chi connectivity index (χ1v) is 13.0. The molecule has 8 heteroatoms. The molecule has 0 radical (unpaired) electrons. The van der Waals surface area contributed by atoms with E-state index >= 15 is 0 Å². The van der Waals surface area contributed by atoms with E-state index in [1.807, 2.05) is 13.1 Å². The Morgan fingerprint density at radius 1 is 0.969 bits per heavy atom. The van der Waals surface area contributed by atoms with Crippen molar-refractivity contribution in [2.45, 2.75) is 89.4 Å². The number of sulfonamides is 1. The number of hydrogen-bond acceptors (Lipinski definition) is 4. The van der Waals surface area contributed by atoms with Gasteiger partial charge < -0.3 is 10.1 Å². The molecule has 32 heavy (non-hydrogen) atoms. The highest BCUT2D eigenvalue weighted by Gasteiger charge is 2.09. The fourth-order valence-electron chi connectivity index (χ4n) is 3.31. The van der Waals surface area contributed by atoms with Gasteiger partial charge in [-0.05, 0) is 43.5 Å². The number of carboxylic acid groups (broad SMARTS) is 1. The number of nitrogens with two attached hydrogens (primary N) is 1. The second-order valence-electron chi connectivity index (χ2n) is 8.09. The van der Waals surface area contributed by atoms with Gasteiger partial charge in [0.1, 0.15) is 5.69 Å². The second kappa shape index (κ2) is 15.6. The number of H-pyrrole nitrogens is 1. The minimum atomic E-state index is -3.49. The Hall–Kier alpha value is -2.16. The summed E-state index contributed by atoms with van der Waals surface area (Å²) in [4.78, 5) is 15.4. The Kier molecular flexibility index (Phi) is 13.6. The Labute approximate surface area is 192 Å². The third kappa shape index (κ3) is 11.5. The third-order valence-corrected chi connectivity index (χ3v) is 6.48. The summed E-state index contributed by atoms with van der Waals surface area (Å²) in [5.74, 6) is 3.96. The molecule has 7 nitrogen and oxygen atoms in total. The predicted octanol–water partition coefficient (Wildman–Crippen LogP) is 5.32. The summed E-state index contributed by atoms with van der Waals surface area (Å²) in [7, 11) is -3.49. The number of unbranched alkanes of at least 4 members (excludes halogenated alkanes) is 9. The zero-order chi connectivity index (χ0) is 23.8. The Bertz CT molecular complexity index is 877. The van der Waals surface area contributed by atoms with Crippen LogP contribution in [0, 0.1) is 6.92 Å². The van der Waals surface area contributed by atoms with E-state index in [9.17, 15) is 13.2 Å². The normalized spacial score (nSPS) is 11.1. The number of hydrazine groups is 1. The van der Waals surface area contributed by atoms with Crippen molar-refractivity contribution in [3.8, 4) is 0 Å². The molecule has 5 N–H and O–H groups in total. The minimum absolute atomic E-state index is 0.176. The largest absolute Gasteiger partial charge is 0.477 e. The second-order valence-corrected chi connectivity index (χ2v) is 9.81. The van der Waals surface area contributed by atoms with Crippen LogP contribution in [0.15, 0.2) is 41.4 Å². The smallest absolute Gasteiger partial charge is 0.352 e. The molecule has 0 aliphatic carbocycles. The number of nitrogens with one attached hydrogen (secondary N) is 2. The van der Waals surface area contributed by atoms with Gasteiger partial charge in [-0.1, -0.05) is 82.4 Å². The Morgan fingerprint density at radius 3 is 1.97 bits per heavy atom. The van der Waals surface area contributed by atoms with Gasteiger partial charge in [0.2, 0.25) is 0 Å². The highest BCUT2D eigenvalue weighted by atomic mass is 32.2. The quantitative estimate of drug-likeness (QED) is 0.171. The molecule has 0 bridgehead atoms. The molecule has 0 atom stereocenters. The Balaban J connectivity index is 0.000000363. The van der Waals surface area contributed by atoms with E-state index in [4.69, 9.17) is 10.9 Å². The molecule has 0 fully saturated rings. The lowest BCUT2D eigenvalue weighted by molar-refractivity contribution is 0.0691. The maximum Gasteiger partial charge on any atom is 0.352 e. The van der Waals surface area contributed by atoms with Crippen molar-refractivity contribution in [2.75, 3.05) is 0 Å².